The predicted molar refractivity (Wildman–Crippen MR) is 122 cm³/mol. The zero-order valence-electron chi connectivity index (χ0n) is 19.5. The van der Waals surface area contributed by atoms with E-state index in [4.69, 9.17) is 21.1 Å². The Bertz CT molecular complexity index is 806. The molecule has 2 unspecified atom stereocenters. The first-order valence-electron chi connectivity index (χ1n) is 10.7. The van der Waals surface area contributed by atoms with Crippen molar-refractivity contribution in [1.29, 1.82) is 0 Å². The van der Waals surface area contributed by atoms with E-state index < -0.39 is 12.1 Å². The molecule has 174 valence electrons. The topological polar surface area (TPSA) is 88.1 Å². The summed E-state index contributed by atoms with van der Waals surface area (Å²) in [5.74, 6) is 0.402. The van der Waals surface area contributed by atoms with Crippen LogP contribution in [0.5, 0.6) is 5.75 Å². The van der Waals surface area contributed by atoms with E-state index in [1.807, 2.05) is 13.8 Å². The second-order valence-electron chi connectivity index (χ2n) is 9.58. The van der Waals surface area contributed by atoms with Crippen LogP contribution in [0.15, 0.2) is 12.1 Å². The Balaban J connectivity index is 2.37. The molecule has 0 bridgehead atoms. The number of nitrogens with one attached hydrogen (secondary N) is 1. The minimum atomic E-state index is -0.876. The minimum absolute atomic E-state index is 0.00125. The molecule has 31 heavy (non-hydrogen) atoms. The zero-order valence-corrected chi connectivity index (χ0v) is 20.2. The third kappa shape index (κ3) is 6.19. The lowest BCUT2D eigenvalue weighted by atomic mass is 9.67. The molecule has 1 saturated heterocycles. The van der Waals surface area contributed by atoms with E-state index in [1.54, 1.807) is 12.1 Å². The number of carboxylic acid groups (broad SMARTS) is 1. The Morgan fingerprint density at radius 3 is 2.42 bits per heavy atom. The summed E-state index contributed by atoms with van der Waals surface area (Å²) in [5, 5.41) is 13.3. The number of rotatable bonds is 6. The lowest BCUT2D eigenvalue weighted by Crippen LogP contribution is -2.51. The first-order valence-corrected chi connectivity index (χ1v) is 11.1. The van der Waals surface area contributed by atoms with Gasteiger partial charge in [0, 0.05) is 19.1 Å². The van der Waals surface area contributed by atoms with E-state index in [2.05, 4.69) is 33.0 Å². The number of anilines is 1. The van der Waals surface area contributed by atoms with Crippen LogP contribution in [0.25, 0.3) is 0 Å². The fourth-order valence-electron chi connectivity index (χ4n) is 4.30. The number of carbonyl (C=O) groups excluding carboxylic acids is 1. The van der Waals surface area contributed by atoms with Crippen LogP contribution < -0.4 is 10.1 Å². The fraction of sp³-hybridized carbons (Fsp3) is 0.652. The van der Waals surface area contributed by atoms with Gasteiger partial charge in [-0.1, -0.05) is 32.4 Å². The van der Waals surface area contributed by atoms with Crippen LogP contribution in [0.3, 0.4) is 0 Å². The molecule has 1 aromatic rings. The highest BCUT2D eigenvalue weighted by molar-refractivity contribution is 6.33. The van der Waals surface area contributed by atoms with Crippen molar-refractivity contribution in [3.8, 4) is 5.75 Å². The summed E-state index contributed by atoms with van der Waals surface area (Å²) in [7, 11) is 1.33. The maximum absolute atomic E-state index is 12.1. The van der Waals surface area contributed by atoms with Gasteiger partial charge < -0.3 is 24.8 Å². The van der Waals surface area contributed by atoms with Crippen LogP contribution in [-0.2, 0) is 4.74 Å². The second-order valence-corrected chi connectivity index (χ2v) is 9.99. The van der Waals surface area contributed by atoms with Crippen LogP contribution in [0.1, 0.15) is 58.3 Å². The first kappa shape index (κ1) is 25.1. The Morgan fingerprint density at radius 2 is 1.90 bits per heavy atom. The van der Waals surface area contributed by atoms with Crippen molar-refractivity contribution in [3.05, 3.63) is 22.7 Å². The molecule has 1 amide bonds. The first-order chi connectivity index (χ1) is 14.3. The Morgan fingerprint density at radius 1 is 1.26 bits per heavy atom. The number of methoxy groups -OCH3 is 1. The van der Waals surface area contributed by atoms with Crippen molar-refractivity contribution < 1.29 is 24.2 Å². The van der Waals surface area contributed by atoms with Gasteiger partial charge in [-0.25, -0.2) is 9.59 Å². The number of ether oxygens (including phenoxy) is 2. The highest BCUT2D eigenvalue weighted by atomic mass is 35.5. The van der Waals surface area contributed by atoms with Crippen LogP contribution in [-0.4, -0.2) is 54.4 Å². The average Bonchev–Trinajstić information content (AvgIpc) is 2.68. The number of benzene rings is 1. The van der Waals surface area contributed by atoms with Crippen molar-refractivity contribution in [2.24, 2.45) is 17.3 Å². The van der Waals surface area contributed by atoms with Gasteiger partial charge in [0.1, 0.15) is 0 Å². The lowest BCUT2D eigenvalue weighted by Gasteiger charge is -2.46. The summed E-state index contributed by atoms with van der Waals surface area (Å²) >= 11 is 6.46. The largest absolute Gasteiger partial charge is 0.487 e. The normalized spacial score (nSPS) is 20.4. The summed E-state index contributed by atoms with van der Waals surface area (Å²) in [6, 6.07) is 3.24. The molecule has 0 radical (unpaired) electrons. The van der Waals surface area contributed by atoms with Crippen molar-refractivity contribution in [2.45, 2.75) is 60.1 Å². The van der Waals surface area contributed by atoms with Gasteiger partial charge in [-0.15, -0.1) is 0 Å². The molecule has 2 rings (SSSR count). The van der Waals surface area contributed by atoms with Crippen LogP contribution in [0.4, 0.5) is 10.5 Å². The molecule has 7 nitrogen and oxygen atoms in total. The lowest BCUT2D eigenvalue weighted by molar-refractivity contribution is 0.0407. The third-order valence-electron chi connectivity index (χ3n) is 5.89. The number of hydrogen-bond acceptors (Lipinski definition) is 5. The van der Waals surface area contributed by atoms with Crippen molar-refractivity contribution in [3.63, 3.8) is 0 Å². The Kier molecular flexibility index (Phi) is 8.09. The standard InChI is InChI=1S/C23H35ClN2O5/c1-13(2)31-20-18(24)10-15(21(27)30-7)11-19(20)25-14(3)16-8-9-26(22(28)29)12-17(16)23(4,5)6/h10-11,13-14,16-17,25H,8-9,12H2,1-7H3,(H,28,29)/t14-,16?,17?/m0/s1. The molecular weight excluding hydrogens is 420 g/mol. The quantitative estimate of drug-likeness (QED) is 0.561. The van der Waals surface area contributed by atoms with Crippen molar-refractivity contribution in [1.82, 2.24) is 4.90 Å². The monoisotopic (exact) mass is 454 g/mol. The molecule has 3 atom stereocenters. The predicted octanol–water partition coefficient (Wildman–Crippen LogP) is 5.38. The summed E-state index contributed by atoms with van der Waals surface area (Å²) < 4.78 is 10.8. The second kappa shape index (κ2) is 9.98. The number of halogens is 1. The van der Waals surface area contributed by atoms with E-state index in [0.717, 1.165) is 6.42 Å². The highest BCUT2D eigenvalue weighted by Crippen LogP contribution is 2.42. The van der Waals surface area contributed by atoms with E-state index in [1.165, 1.54) is 12.0 Å². The van der Waals surface area contributed by atoms with Gasteiger partial charge >= 0.3 is 12.1 Å². The number of carbonyl (C=O) groups is 2. The number of piperidine rings is 1. The number of esters is 1. The smallest absolute Gasteiger partial charge is 0.407 e. The van der Waals surface area contributed by atoms with Gasteiger partial charge in [-0.05, 0) is 56.6 Å². The summed E-state index contributed by atoms with van der Waals surface area (Å²) in [5.41, 5.74) is 0.895. The van der Waals surface area contributed by atoms with Gasteiger partial charge in [0.05, 0.1) is 29.5 Å². The summed E-state index contributed by atoms with van der Waals surface area (Å²) in [6.07, 6.45) is -0.232. The molecule has 0 aliphatic carbocycles. The highest BCUT2D eigenvalue weighted by Gasteiger charge is 2.41. The SMILES string of the molecule is COC(=O)c1cc(Cl)c(OC(C)C)c(N[C@@H](C)C2CCN(C(=O)O)CC2C(C)(C)C)c1. The summed E-state index contributed by atoms with van der Waals surface area (Å²) in [4.78, 5) is 25.2. The van der Waals surface area contributed by atoms with Gasteiger partial charge in [-0.2, -0.15) is 0 Å². The fourth-order valence-corrected chi connectivity index (χ4v) is 4.57. The molecule has 1 aromatic carbocycles. The molecule has 1 aliphatic heterocycles. The molecule has 0 saturated carbocycles. The number of amides is 1. The van der Waals surface area contributed by atoms with Crippen LogP contribution in [0.2, 0.25) is 5.02 Å². The number of hydrogen-bond donors (Lipinski definition) is 2. The van der Waals surface area contributed by atoms with Gasteiger partial charge in [0.15, 0.2) is 5.75 Å². The van der Waals surface area contributed by atoms with Crippen LogP contribution in [0, 0.1) is 17.3 Å². The molecule has 0 spiro atoms. The van der Waals surface area contributed by atoms with E-state index >= 15 is 0 Å². The molecule has 2 N–H and O–H groups in total. The summed E-state index contributed by atoms with van der Waals surface area (Å²) in [6.45, 7) is 13.3. The minimum Gasteiger partial charge on any atom is -0.487 e. The Labute approximate surface area is 190 Å². The molecule has 1 fully saturated rings. The van der Waals surface area contributed by atoms with Crippen LogP contribution >= 0.6 is 11.6 Å². The zero-order chi connectivity index (χ0) is 23.5. The van der Waals surface area contributed by atoms with Gasteiger partial charge in [-0.3, -0.25) is 0 Å². The average molecular weight is 455 g/mol. The van der Waals surface area contributed by atoms with Crippen molar-refractivity contribution in [2.75, 3.05) is 25.5 Å². The third-order valence-corrected chi connectivity index (χ3v) is 6.17. The molecule has 1 aliphatic rings. The molecule has 8 heteroatoms. The Hall–Kier alpha value is -2.15. The number of likely N-dealkylation sites (tertiary alicyclic amines) is 1. The molecular formula is C23H35ClN2O5. The van der Waals surface area contributed by atoms with Gasteiger partial charge in [0.2, 0.25) is 0 Å². The molecule has 0 aromatic heterocycles. The van der Waals surface area contributed by atoms with Gasteiger partial charge in [0.25, 0.3) is 0 Å². The maximum atomic E-state index is 12.1. The van der Waals surface area contributed by atoms with E-state index in [0.29, 0.717) is 35.1 Å². The van der Waals surface area contributed by atoms with E-state index in [9.17, 15) is 14.7 Å². The molecule has 1 heterocycles. The maximum Gasteiger partial charge on any atom is 0.407 e. The van der Waals surface area contributed by atoms with Crippen molar-refractivity contribution >= 4 is 29.4 Å². The van der Waals surface area contributed by atoms with E-state index in [-0.39, 0.29) is 29.4 Å². The number of nitrogens with zero attached hydrogens (tertiary/aromatic N) is 1.